The van der Waals surface area contributed by atoms with Crippen LogP contribution in [0.25, 0.3) is 0 Å². The number of nitrogens with one attached hydrogen (secondary N) is 1. The number of hydrogen-bond donors (Lipinski definition) is 1. The second-order valence-electron chi connectivity index (χ2n) is 10.1. The van der Waals surface area contributed by atoms with Gasteiger partial charge in [-0.2, -0.15) is 0 Å². The number of nitrogens with zero attached hydrogens (tertiary/aromatic N) is 4. The zero-order valence-electron chi connectivity index (χ0n) is 19.6. The van der Waals surface area contributed by atoms with Crippen LogP contribution in [-0.2, 0) is 21.6 Å². The first kappa shape index (κ1) is 22.9. The SMILES string of the molecule is COCc1cc(N2CCN(CCC3CC(NC(C)=O)C3)C(C)C2)nc(C(C)(C)C)n1. The number of amides is 1. The average Bonchev–Trinajstić information content (AvgIpc) is 2.63. The van der Waals surface area contributed by atoms with Crippen LogP contribution in [0.2, 0.25) is 0 Å². The lowest BCUT2D eigenvalue weighted by molar-refractivity contribution is -0.120. The quantitative estimate of drug-likeness (QED) is 0.736. The van der Waals surface area contributed by atoms with Crippen LogP contribution >= 0.6 is 0 Å². The highest BCUT2D eigenvalue weighted by Crippen LogP contribution is 2.31. The molecular formula is C23H39N5O2. The molecule has 2 aliphatic rings. The third-order valence-corrected chi connectivity index (χ3v) is 6.29. The summed E-state index contributed by atoms with van der Waals surface area (Å²) in [7, 11) is 1.71. The Hall–Kier alpha value is -1.73. The Balaban J connectivity index is 1.55. The number of carbonyl (C=O) groups is 1. The van der Waals surface area contributed by atoms with Gasteiger partial charge in [0.2, 0.25) is 5.91 Å². The molecule has 0 radical (unpaired) electrons. The zero-order chi connectivity index (χ0) is 21.9. The number of aromatic nitrogens is 2. The second-order valence-corrected chi connectivity index (χ2v) is 10.1. The summed E-state index contributed by atoms with van der Waals surface area (Å²) in [5, 5.41) is 3.03. The Morgan fingerprint density at radius 2 is 2.00 bits per heavy atom. The summed E-state index contributed by atoms with van der Waals surface area (Å²) < 4.78 is 5.34. The van der Waals surface area contributed by atoms with Gasteiger partial charge in [-0.05, 0) is 38.6 Å². The summed E-state index contributed by atoms with van der Waals surface area (Å²) in [4.78, 5) is 25.8. The number of rotatable bonds is 7. The predicted octanol–water partition coefficient (Wildman–Crippen LogP) is 2.74. The third-order valence-electron chi connectivity index (χ3n) is 6.29. The smallest absolute Gasteiger partial charge is 0.217 e. The monoisotopic (exact) mass is 417 g/mol. The van der Waals surface area contributed by atoms with E-state index in [1.807, 2.05) is 0 Å². The molecule has 1 aliphatic carbocycles. The van der Waals surface area contributed by atoms with E-state index in [-0.39, 0.29) is 11.3 Å². The minimum atomic E-state index is -0.0934. The Labute approximate surface area is 181 Å². The number of anilines is 1. The molecule has 1 unspecified atom stereocenters. The molecule has 3 rings (SSSR count). The summed E-state index contributed by atoms with van der Waals surface area (Å²) in [5.41, 5.74) is 0.852. The van der Waals surface area contributed by atoms with E-state index in [0.29, 0.717) is 18.7 Å². The summed E-state index contributed by atoms with van der Waals surface area (Å²) in [6.07, 6.45) is 3.49. The van der Waals surface area contributed by atoms with E-state index < -0.39 is 0 Å². The summed E-state index contributed by atoms with van der Waals surface area (Å²) in [5.74, 6) is 2.74. The maximum Gasteiger partial charge on any atom is 0.217 e. The van der Waals surface area contributed by atoms with Crippen molar-refractivity contribution in [1.29, 1.82) is 0 Å². The van der Waals surface area contributed by atoms with Gasteiger partial charge in [0.05, 0.1) is 12.3 Å². The van der Waals surface area contributed by atoms with Gasteiger partial charge in [-0.1, -0.05) is 20.8 Å². The third kappa shape index (κ3) is 5.91. The molecule has 0 spiro atoms. The van der Waals surface area contributed by atoms with Crippen molar-refractivity contribution < 1.29 is 9.53 Å². The molecule has 1 aromatic rings. The van der Waals surface area contributed by atoms with Crippen LogP contribution in [-0.4, -0.2) is 66.1 Å². The van der Waals surface area contributed by atoms with Crippen LogP contribution in [0.4, 0.5) is 5.82 Å². The van der Waals surface area contributed by atoms with Gasteiger partial charge in [0.15, 0.2) is 0 Å². The van der Waals surface area contributed by atoms with Gasteiger partial charge < -0.3 is 15.0 Å². The van der Waals surface area contributed by atoms with Crippen LogP contribution in [0.15, 0.2) is 6.07 Å². The van der Waals surface area contributed by atoms with E-state index in [0.717, 1.165) is 62.3 Å². The largest absolute Gasteiger partial charge is 0.378 e. The normalized spacial score (nSPS) is 25.1. The molecule has 2 heterocycles. The van der Waals surface area contributed by atoms with Crippen molar-refractivity contribution >= 4 is 11.7 Å². The molecule has 30 heavy (non-hydrogen) atoms. The first-order valence-corrected chi connectivity index (χ1v) is 11.3. The van der Waals surface area contributed by atoms with Crippen molar-refractivity contribution in [1.82, 2.24) is 20.2 Å². The Kier molecular flexibility index (Phi) is 7.34. The highest BCUT2D eigenvalue weighted by Gasteiger charge is 2.31. The van der Waals surface area contributed by atoms with Gasteiger partial charge in [-0.25, -0.2) is 9.97 Å². The molecule has 1 saturated heterocycles. The Bertz CT molecular complexity index is 727. The first-order chi connectivity index (χ1) is 14.2. The van der Waals surface area contributed by atoms with E-state index in [4.69, 9.17) is 14.7 Å². The molecule has 2 fully saturated rings. The highest BCUT2D eigenvalue weighted by atomic mass is 16.5. The van der Waals surface area contributed by atoms with Gasteiger partial charge >= 0.3 is 0 Å². The lowest BCUT2D eigenvalue weighted by atomic mass is 9.78. The van der Waals surface area contributed by atoms with E-state index in [2.05, 4.69) is 48.9 Å². The van der Waals surface area contributed by atoms with Crippen molar-refractivity contribution in [2.75, 3.05) is 38.2 Å². The molecule has 1 amide bonds. The van der Waals surface area contributed by atoms with Gasteiger partial charge in [-0.15, -0.1) is 0 Å². The number of methoxy groups -OCH3 is 1. The fourth-order valence-electron chi connectivity index (χ4n) is 4.46. The standard InChI is InChI=1S/C23H39N5O2/c1-16-14-28(21-13-20(15-30-6)25-22(26-21)23(3,4)5)10-9-27(16)8-7-18-11-19(12-18)24-17(2)29/h13,16,18-19H,7-12,14-15H2,1-6H3,(H,24,29). The molecule has 7 nitrogen and oxygen atoms in total. The lowest BCUT2D eigenvalue weighted by Crippen LogP contribution is -2.53. The Morgan fingerprint density at radius 3 is 2.60 bits per heavy atom. The molecule has 1 saturated carbocycles. The number of hydrogen-bond acceptors (Lipinski definition) is 6. The number of piperazine rings is 1. The number of carbonyl (C=O) groups excluding carboxylic acids is 1. The van der Waals surface area contributed by atoms with Gasteiger partial charge in [0, 0.05) is 57.2 Å². The summed E-state index contributed by atoms with van der Waals surface area (Å²) in [6.45, 7) is 15.0. The van der Waals surface area contributed by atoms with Crippen molar-refractivity contribution in [2.24, 2.45) is 5.92 Å². The predicted molar refractivity (Wildman–Crippen MR) is 120 cm³/mol. The van der Waals surface area contributed by atoms with Crippen molar-refractivity contribution in [3.63, 3.8) is 0 Å². The molecular weight excluding hydrogens is 378 g/mol. The average molecular weight is 418 g/mol. The topological polar surface area (TPSA) is 70.6 Å². The van der Waals surface area contributed by atoms with E-state index in [1.165, 1.54) is 6.42 Å². The van der Waals surface area contributed by atoms with Crippen LogP contribution in [0.1, 0.15) is 65.4 Å². The lowest BCUT2D eigenvalue weighted by Gasteiger charge is -2.42. The fraction of sp³-hybridized carbons (Fsp3) is 0.783. The minimum absolute atomic E-state index is 0.0934. The molecule has 1 atom stereocenters. The fourth-order valence-corrected chi connectivity index (χ4v) is 4.46. The van der Waals surface area contributed by atoms with Crippen molar-refractivity contribution in [3.8, 4) is 0 Å². The second kappa shape index (κ2) is 9.60. The molecule has 7 heteroatoms. The van der Waals surface area contributed by atoms with Crippen LogP contribution in [0, 0.1) is 5.92 Å². The Morgan fingerprint density at radius 1 is 1.27 bits per heavy atom. The molecule has 1 aromatic heterocycles. The molecule has 1 N–H and O–H groups in total. The zero-order valence-corrected chi connectivity index (χ0v) is 19.6. The van der Waals surface area contributed by atoms with Crippen molar-refractivity contribution in [2.45, 2.75) is 78.0 Å². The van der Waals surface area contributed by atoms with Crippen LogP contribution < -0.4 is 10.2 Å². The summed E-state index contributed by atoms with van der Waals surface area (Å²) >= 11 is 0. The highest BCUT2D eigenvalue weighted by molar-refractivity contribution is 5.73. The number of ether oxygens (including phenoxy) is 1. The van der Waals surface area contributed by atoms with Crippen molar-refractivity contribution in [3.05, 3.63) is 17.6 Å². The van der Waals surface area contributed by atoms with Gasteiger partial charge in [-0.3, -0.25) is 9.69 Å². The van der Waals surface area contributed by atoms with Gasteiger partial charge in [0.25, 0.3) is 0 Å². The molecule has 0 bridgehead atoms. The minimum Gasteiger partial charge on any atom is -0.378 e. The van der Waals surface area contributed by atoms with E-state index in [9.17, 15) is 4.79 Å². The maximum atomic E-state index is 11.1. The maximum absolute atomic E-state index is 11.1. The van der Waals surface area contributed by atoms with Crippen LogP contribution in [0.5, 0.6) is 0 Å². The molecule has 1 aliphatic heterocycles. The summed E-state index contributed by atoms with van der Waals surface area (Å²) in [6, 6.07) is 2.97. The first-order valence-electron chi connectivity index (χ1n) is 11.3. The van der Waals surface area contributed by atoms with Crippen LogP contribution in [0.3, 0.4) is 0 Å². The van der Waals surface area contributed by atoms with E-state index >= 15 is 0 Å². The molecule has 168 valence electrons. The molecule has 0 aromatic carbocycles. The van der Waals surface area contributed by atoms with E-state index in [1.54, 1.807) is 14.0 Å². The van der Waals surface area contributed by atoms with Gasteiger partial charge in [0.1, 0.15) is 11.6 Å².